The molecule has 0 atom stereocenters. The van der Waals surface area contributed by atoms with E-state index in [1.54, 1.807) is 4.90 Å². The first kappa shape index (κ1) is 18.1. The van der Waals surface area contributed by atoms with E-state index >= 15 is 0 Å². The Morgan fingerprint density at radius 3 is 2.38 bits per heavy atom. The molecule has 124 valence electrons. The Balaban J connectivity index is 2.29. The summed E-state index contributed by atoms with van der Waals surface area (Å²) in [5.74, 6) is 9.10. The predicted octanol–water partition coefficient (Wildman–Crippen LogP) is 3.30. The van der Waals surface area contributed by atoms with Crippen LogP contribution in [0.5, 0.6) is 5.75 Å². The molecule has 3 nitrogen and oxygen atoms in total. The van der Waals surface area contributed by atoms with Gasteiger partial charge in [-0.1, -0.05) is 0 Å². The van der Waals surface area contributed by atoms with Crippen LogP contribution in [0.2, 0.25) is 5.82 Å². The van der Waals surface area contributed by atoms with Gasteiger partial charge in [0.1, 0.15) is 0 Å². The van der Waals surface area contributed by atoms with Crippen LogP contribution < -0.4 is 9.20 Å². The van der Waals surface area contributed by atoms with Gasteiger partial charge < -0.3 is 0 Å². The number of carbonyl (C=O) groups is 1. The second-order valence-corrected chi connectivity index (χ2v) is 6.71. The van der Waals surface area contributed by atoms with Crippen LogP contribution in [0.15, 0.2) is 48.5 Å². The number of benzene rings is 2. The van der Waals surface area contributed by atoms with Gasteiger partial charge in [0.2, 0.25) is 0 Å². The molecule has 0 aliphatic heterocycles. The van der Waals surface area contributed by atoms with Gasteiger partial charge in [-0.25, -0.2) is 0 Å². The summed E-state index contributed by atoms with van der Waals surface area (Å²) in [6.45, 7) is 5.15. The van der Waals surface area contributed by atoms with Crippen LogP contribution in [0.3, 0.4) is 0 Å². The first-order valence-electron chi connectivity index (χ1n) is 7.90. The topological polar surface area (TPSA) is 29.5 Å². The molecule has 0 aromatic heterocycles. The summed E-state index contributed by atoms with van der Waals surface area (Å²) in [5.41, 5.74) is 1.89. The Labute approximate surface area is 150 Å². The molecule has 0 aliphatic carbocycles. The van der Waals surface area contributed by atoms with Crippen molar-refractivity contribution >= 4 is 25.5 Å². The van der Waals surface area contributed by atoms with E-state index in [0.717, 1.165) is 15.6 Å². The van der Waals surface area contributed by atoms with Crippen molar-refractivity contribution in [1.29, 1.82) is 0 Å². The van der Waals surface area contributed by atoms with Crippen LogP contribution >= 0.6 is 0 Å². The first-order valence-corrected chi connectivity index (χ1v) is 10.5. The molecule has 0 aliphatic rings. The standard InChI is InChI=1S/C20H21NO2Se/c1-4-21(5-2)20(22)23-18-13-9-12-17(19(18)24-3)15-14-16-10-7-6-8-11-16/h6-13H,4-5H2,1-3H3. The fourth-order valence-electron chi connectivity index (χ4n) is 2.21. The molecule has 24 heavy (non-hydrogen) atoms. The number of carbonyl (C=O) groups excluding carboxylic acids is 1. The van der Waals surface area contributed by atoms with Gasteiger partial charge in [-0.3, -0.25) is 0 Å². The van der Waals surface area contributed by atoms with E-state index in [2.05, 4.69) is 17.7 Å². The molecule has 0 bridgehead atoms. The van der Waals surface area contributed by atoms with Gasteiger partial charge >= 0.3 is 150 Å². The van der Waals surface area contributed by atoms with E-state index in [4.69, 9.17) is 4.74 Å². The summed E-state index contributed by atoms with van der Waals surface area (Å²) in [6.07, 6.45) is -0.307. The van der Waals surface area contributed by atoms with Gasteiger partial charge in [-0.15, -0.1) is 0 Å². The van der Waals surface area contributed by atoms with Crippen molar-refractivity contribution in [2.45, 2.75) is 19.7 Å². The van der Waals surface area contributed by atoms with E-state index in [9.17, 15) is 4.79 Å². The Kier molecular flexibility index (Phi) is 6.93. The first-order chi connectivity index (χ1) is 11.7. The second-order valence-electron chi connectivity index (χ2n) is 4.99. The van der Waals surface area contributed by atoms with Crippen LogP contribution in [0.4, 0.5) is 4.79 Å². The summed E-state index contributed by atoms with van der Waals surface area (Å²) in [6, 6.07) is 15.6. The molecule has 0 unspecified atom stereocenters. The van der Waals surface area contributed by atoms with Crippen molar-refractivity contribution in [3.05, 3.63) is 59.7 Å². The summed E-state index contributed by atoms with van der Waals surface area (Å²) in [5, 5.41) is 0. The van der Waals surface area contributed by atoms with E-state index in [-0.39, 0.29) is 21.1 Å². The number of hydrogen-bond donors (Lipinski definition) is 0. The van der Waals surface area contributed by atoms with Crippen LogP contribution in [-0.2, 0) is 0 Å². The molecule has 2 rings (SSSR count). The van der Waals surface area contributed by atoms with Gasteiger partial charge in [0, 0.05) is 0 Å². The Morgan fingerprint density at radius 1 is 1.04 bits per heavy atom. The number of nitrogens with zero attached hydrogens (tertiary/aromatic N) is 1. The van der Waals surface area contributed by atoms with Gasteiger partial charge in [0.15, 0.2) is 0 Å². The molecule has 2 aromatic rings. The molecule has 0 N–H and O–H groups in total. The van der Waals surface area contributed by atoms with Crippen molar-refractivity contribution in [2.24, 2.45) is 0 Å². The maximum atomic E-state index is 12.2. The van der Waals surface area contributed by atoms with E-state index in [0.29, 0.717) is 18.8 Å². The molecule has 2 aromatic carbocycles. The van der Waals surface area contributed by atoms with Crippen LogP contribution in [0, 0.1) is 11.8 Å². The molecular weight excluding hydrogens is 365 g/mol. The molecule has 0 heterocycles. The van der Waals surface area contributed by atoms with E-state index in [1.165, 1.54) is 0 Å². The van der Waals surface area contributed by atoms with Crippen LogP contribution in [-0.4, -0.2) is 39.0 Å². The normalized spacial score (nSPS) is 9.79. The fraction of sp³-hybridized carbons (Fsp3) is 0.250. The molecule has 0 spiro atoms. The van der Waals surface area contributed by atoms with E-state index < -0.39 is 0 Å². The Morgan fingerprint density at radius 2 is 1.75 bits per heavy atom. The third-order valence-electron chi connectivity index (χ3n) is 3.52. The summed E-state index contributed by atoms with van der Waals surface area (Å²) in [4.78, 5) is 13.9. The summed E-state index contributed by atoms with van der Waals surface area (Å²) >= 11 is 0.167. The number of rotatable bonds is 4. The van der Waals surface area contributed by atoms with Crippen molar-refractivity contribution < 1.29 is 9.53 Å². The fourth-order valence-corrected chi connectivity index (χ4v) is 3.57. The van der Waals surface area contributed by atoms with Gasteiger partial charge in [-0.05, 0) is 0 Å². The third-order valence-corrected chi connectivity index (χ3v) is 5.26. The quantitative estimate of drug-likeness (QED) is 0.596. The molecular formula is C20H21NO2Se. The van der Waals surface area contributed by atoms with Gasteiger partial charge in [0.05, 0.1) is 0 Å². The molecule has 0 saturated carbocycles. The zero-order valence-corrected chi connectivity index (χ0v) is 15.9. The molecule has 0 radical (unpaired) electrons. The molecule has 4 heteroatoms. The van der Waals surface area contributed by atoms with Crippen molar-refractivity contribution in [1.82, 2.24) is 4.90 Å². The van der Waals surface area contributed by atoms with Crippen molar-refractivity contribution in [3.8, 4) is 17.6 Å². The Hall–Kier alpha value is -2.21. The van der Waals surface area contributed by atoms with Crippen LogP contribution in [0.25, 0.3) is 0 Å². The summed E-state index contributed by atoms with van der Waals surface area (Å²) < 4.78 is 6.63. The van der Waals surface area contributed by atoms with Crippen LogP contribution in [0.1, 0.15) is 25.0 Å². The third kappa shape index (κ3) is 4.64. The minimum atomic E-state index is -0.307. The summed E-state index contributed by atoms with van der Waals surface area (Å²) in [7, 11) is 0. The number of hydrogen-bond acceptors (Lipinski definition) is 2. The predicted molar refractivity (Wildman–Crippen MR) is 99.1 cm³/mol. The molecule has 1 amide bonds. The van der Waals surface area contributed by atoms with Crippen molar-refractivity contribution in [3.63, 3.8) is 0 Å². The Bertz CT molecular complexity index is 743. The minimum absolute atomic E-state index is 0.167. The average molecular weight is 386 g/mol. The zero-order chi connectivity index (χ0) is 17.4. The molecule has 0 fully saturated rings. The molecule has 0 saturated heterocycles. The SMILES string of the molecule is CCN(CC)C(=O)Oc1cccc(C#Cc2ccccc2)c1[Se]C. The second kappa shape index (κ2) is 9.17. The maximum absolute atomic E-state index is 12.2. The van der Waals surface area contributed by atoms with Gasteiger partial charge in [0.25, 0.3) is 0 Å². The number of amides is 1. The monoisotopic (exact) mass is 387 g/mol. The zero-order valence-electron chi connectivity index (χ0n) is 14.2. The van der Waals surface area contributed by atoms with Crippen molar-refractivity contribution in [2.75, 3.05) is 13.1 Å². The van der Waals surface area contributed by atoms with E-state index in [1.807, 2.05) is 62.4 Å². The average Bonchev–Trinajstić information content (AvgIpc) is 2.62. The number of ether oxygens (including phenoxy) is 1. The van der Waals surface area contributed by atoms with Gasteiger partial charge in [-0.2, -0.15) is 0 Å².